The summed E-state index contributed by atoms with van der Waals surface area (Å²) in [6, 6.07) is -0.809. The SMILES string of the molecule is CC/C=C\C/C=C\C/C=C\C/C=C\C/C=C\CCCCCCCCCCCC(=O)NC(COP(=O)([O-])OCC[N+](C)(C)C)C(O)CCCCCCCCCCCCCCCCCCCCCCCCCCCCCCC. The summed E-state index contributed by atoms with van der Waals surface area (Å²) in [5.41, 5.74) is 0. The van der Waals surface area contributed by atoms with Gasteiger partial charge in [0.15, 0.2) is 0 Å². The van der Waals surface area contributed by atoms with Gasteiger partial charge in [0, 0.05) is 6.42 Å². The van der Waals surface area contributed by atoms with E-state index in [1.54, 1.807) is 0 Å². The zero-order valence-corrected chi connectivity index (χ0v) is 51.9. The average Bonchev–Trinajstić information content (AvgIpc) is 3.38. The van der Waals surface area contributed by atoms with Gasteiger partial charge in [-0.15, -0.1) is 0 Å². The van der Waals surface area contributed by atoms with Gasteiger partial charge >= 0.3 is 0 Å². The van der Waals surface area contributed by atoms with Crippen molar-refractivity contribution in [2.24, 2.45) is 0 Å². The highest BCUT2D eigenvalue weighted by Gasteiger charge is 2.24. The van der Waals surface area contributed by atoms with Crippen LogP contribution in [0.4, 0.5) is 0 Å². The predicted molar refractivity (Wildman–Crippen MR) is 330 cm³/mol. The molecule has 0 aliphatic carbocycles. The van der Waals surface area contributed by atoms with E-state index in [0.717, 1.165) is 77.0 Å². The molecule has 1 amide bonds. The van der Waals surface area contributed by atoms with E-state index in [0.29, 0.717) is 23.9 Å². The highest BCUT2D eigenvalue weighted by molar-refractivity contribution is 7.45. The lowest BCUT2D eigenvalue weighted by atomic mass is 10.0. The topological polar surface area (TPSA) is 108 Å². The van der Waals surface area contributed by atoms with Gasteiger partial charge in [0.2, 0.25) is 5.91 Å². The van der Waals surface area contributed by atoms with Crippen LogP contribution in [-0.2, 0) is 18.4 Å². The van der Waals surface area contributed by atoms with Crippen molar-refractivity contribution in [3.8, 4) is 0 Å². The smallest absolute Gasteiger partial charge is 0.268 e. The fourth-order valence-electron chi connectivity index (χ4n) is 9.72. The molecule has 0 rings (SSSR count). The van der Waals surface area contributed by atoms with Gasteiger partial charge < -0.3 is 28.8 Å². The number of carbonyl (C=O) groups is 1. The van der Waals surface area contributed by atoms with Crippen LogP contribution >= 0.6 is 7.82 Å². The number of aliphatic hydroxyl groups is 1. The van der Waals surface area contributed by atoms with Gasteiger partial charge in [0.05, 0.1) is 39.9 Å². The molecule has 0 spiro atoms. The van der Waals surface area contributed by atoms with Crippen LogP contribution < -0.4 is 10.2 Å². The number of hydrogen-bond donors (Lipinski definition) is 2. The Kier molecular flexibility index (Phi) is 56.5. The lowest BCUT2D eigenvalue weighted by Crippen LogP contribution is -2.46. The van der Waals surface area contributed by atoms with Crippen molar-refractivity contribution < 1.29 is 32.9 Å². The molecule has 0 saturated carbocycles. The van der Waals surface area contributed by atoms with Crippen LogP contribution in [0.5, 0.6) is 0 Å². The number of amides is 1. The van der Waals surface area contributed by atoms with Crippen LogP contribution in [0.1, 0.15) is 309 Å². The number of likely N-dealkylation sites (N-methyl/N-ethyl adjacent to an activating group) is 1. The molecule has 0 heterocycles. The first-order valence-electron chi connectivity index (χ1n) is 32.6. The summed E-state index contributed by atoms with van der Waals surface area (Å²) in [4.78, 5) is 25.6. The number of unbranched alkanes of at least 4 members (excludes halogenated alkanes) is 37. The third-order valence-electron chi connectivity index (χ3n) is 14.8. The maximum absolute atomic E-state index is 13.0. The van der Waals surface area contributed by atoms with Crippen molar-refractivity contribution >= 4 is 13.7 Å². The number of rotatable bonds is 60. The fraction of sp³-hybridized carbons (Fsp3) is 0.836. The lowest BCUT2D eigenvalue weighted by molar-refractivity contribution is -0.870. The van der Waals surface area contributed by atoms with E-state index in [2.05, 4.69) is 79.9 Å². The quantitative estimate of drug-likeness (QED) is 0.0272. The number of nitrogens with one attached hydrogen (secondary N) is 1. The molecule has 446 valence electrons. The first kappa shape index (κ1) is 74.2. The number of hydrogen-bond acceptors (Lipinski definition) is 6. The number of phosphoric ester groups is 1. The normalized spacial score (nSPS) is 14.1. The average molecular weight is 1090 g/mol. The Morgan fingerprint density at radius 3 is 1.17 bits per heavy atom. The number of aliphatic hydroxyl groups excluding tert-OH is 1. The fourth-order valence-corrected chi connectivity index (χ4v) is 10.4. The Hall–Kier alpha value is -1.80. The molecule has 0 fully saturated rings. The summed E-state index contributed by atoms with van der Waals surface area (Å²) in [6.07, 6.45) is 78.5. The minimum Gasteiger partial charge on any atom is -0.756 e. The van der Waals surface area contributed by atoms with Gasteiger partial charge in [-0.05, 0) is 57.8 Å². The molecular formula is C67H127N2O6P. The Balaban J connectivity index is 4.09. The first-order chi connectivity index (χ1) is 37.0. The summed E-state index contributed by atoms with van der Waals surface area (Å²) in [5.74, 6) is -0.169. The first-order valence-corrected chi connectivity index (χ1v) is 34.1. The number of allylic oxidation sites excluding steroid dienone is 10. The Labute approximate surface area is 472 Å². The van der Waals surface area contributed by atoms with Crippen LogP contribution in [0.3, 0.4) is 0 Å². The monoisotopic (exact) mass is 1090 g/mol. The molecule has 3 atom stereocenters. The van der Waals surface area contributed by atoms with Gasteiger partial charge in [0.1, 0.15) is 13.2 Å². The van der Waals surface area contributed by atoms with Crippen LogP contribution in [0.25, 0.3) is 0 Å². The van der Waals surface area contributed by atoms with E-state index in [-0.39, 0.29) is 19.1 Å². The largest absolute Gasteiger partial charge is 0.756 e. The van der Waals surface area contributed by atoms with Gasteiger partial charge in [0.25, 0.3) is 7.82 Å². The third kappa shape index (κ3) is 59.9. The molecule has 9 heteroatoms. The minimum atomic E-state index is -4.58. The molecule has 0 radical (unpaired) electrons. The van der Waals surface area contributed by atoms with Gasteiger partial charge in [-0.2, -0.15) is 0 Å². The molecule has 0 aliphatic rings. The highest BCUT2D eigenvalue weighted by atomic mass is 31.2. The van der Waals surface area contributed by atoms with Crippen molar-refractivity contribution in [2.75, 3.05) is 40.9 Å². The van der Waals surface area contributed by atoms with Crippen molar-refractivity contribution in [3.05, 3.63) is 60.8 Å². The molecular weight excluding hydrogens is 960 g/mol. The number of carbonyl (C=O) groups excluding carboxylic acids is 1. The van der Waals surface area contributed by atoms with E-state index in [1.807, 2.05) is 21.1 Å². The molecule has 76 heavy (non-hydrogen) atoms. The highest BCUT2D eigenvalue weighted by Crippen LogP contribution is 2.38. The molecule has 0 bridgehead atoms. The molecule has 8 nitrogen and oxygen atoms in total. The predicted octanol–water partition coefficient (Wildman–Crippen LogP) is 19.8. The summed E-state index contributed by atoms with van der Waals surface area (Å²) in [6.45, 7) is 4.64. The molecule has 0 aromatic heterocycles. The minimum absolute atomic E-state index is 0.00924. The van der Waals surface area contributed by atoms with Crippen molar-refractivity contribution in [2.45, 2.75) is 321 Å². The number of quaternary nitrogens is 1. The zero-order chi connectivity index (χ0) is 55.6. The zero-order valence-electron chi connectivity index (χ0n) is 51.0. The summed E-state index contributed by atoms with van der Waals surface area (Å²) in [5, 5.41) is 14.1. The number of phosphoric acid groups is 1. The Morgan fingerprint density at radius 1 is 0.474 bits per heavy atom. The second-order valence-electron chi connectivity index (χ2n) is 23.4. The maximum atomic E-state index is 13.0. The van der Waals surface area contributed by atoms with Gasteiger partial charge in [-0.3, -0.25) is 9.36 Å². The Morgan fingerprint density at radius 2 is 0.803 bits per heavy atom. The summed E-state index contributed by atoms with van der Waals surface area (Å²) >= 11 is 0. The number of nitrogens with zero attached hydrogens (tertiary/aromatic N) is 1. The molecule has 0 aromatic carbocycles. The van der Waals surface area contributed by atoms with Crippen molar-refractivity contribution in [3.63, 3.8) is 0 Å². The summed E-state index contributed by atoms with van der Waals surface area (Å²) in [7, 11) is 1.30. The van der Waals surface area contributed by atoms with E-state index < -0.39 is 20.0 Å². The molecule has 0 aromatic rings. The molecule has 0 aliphatic heterocycles. The van der Waals surface area contributed by atoms with Crippen LogP contribution in [0, 0.1) is 0 Å². The third-order valence-corrected chi connectivity index (χ3v) is 15.7. The van der Waals surface area contributed by atoms with Gasteiger partial charge in [-0.1, -0.05) is 306 Å². The second-order valence-corrected chi connectivity index (χ2v) is 24.9. The van der Waals surface area contributed by atoms with Crippen molar-refractivity contribution in [1.29, 1.82) is 0 Å². The summed E-state index contributed by atoms with van der Waals surface area (Å²) < 4.78 is 23.5. The van der Waals surface area contributed by atoms with E-state index in [1.165, 1.54) is 205 Å². The Bertz CT molecular complexity index is 1420. The second kappa shape index (κ2) is 57.9. The van der Waals surface area contributed by atoms with Crippen LogP contribution in [0.2, 0.25) is 0 Å². The van der Waals surface area contributed by atoms with E-state index >= 15 is 0 Å². The molecule has 2 N–H and O–H groups in total. The van der Waals surface area contributed by atoms with E-state index in [4.69, 9.17) is 9.05 Å². The molecule has 0 saturated heterocycles. The maximum Gasteiger partial charge on any atom is 0.268 e. The molecule has 3 unspecified atom stereocenters. The van der Waals surface area contributed by atoms with Crippen LogP contribution in [-0.4, -0.2) is 68.5 Å². The lowest BCUT2D eigenvalue weighted by Gasteiger charge is -2.30. The standard InChI is InChI=1S/C67H127N2O6P/c1-6-8-10-12-14-16-18-20-22-24-26-28-30-32-33-34-35-37-38-40-42-44-46-48-50-52-54-56-58-60-66(70)65(64-75-76(72,73)74-63-62-69(3,4)5)68-67(71)61-59-57-55-53-51-49-47-45-43-41-39-36-31-29-27-25-23-21-19-17-15-13-11-9-7-2/h9,11,15,17,21,23,27,29,36,39,65-66,70H,6-8,10,12-14,16,18-20,22,24-26,28,30-35,37-38,40-64H2,1-5H3,(H-,68,71,72,73)/b11-9-,17-15-,23-21-,29-27-,39-36-. The van der Waals surface area contributed by atoms with Gasteiger partial charge in [-0.25, -0.2) is 0 Å². The van der Waals surface area contributed by atoms with Crippen LogP contribution in [0.15, 0.2) is 60.8 Å². The van der Waals surface area contributed by atoms with E-state index in [9.17, 15) is 19.4 Å². The van der Waals surface area contributed by atoms with Crippen molar-refractivity contribution in [1.82, 2.24) is 5.32 Å².